The Morgan fingerprint density at radius 3 is 1.68 bits per heavy atom. The highest BCUT2D eigenvalue weighted by Gasteiger charge is 2.37. The summed E-state index contributed by atoms with van der Waals surface area (Å²) in [5, 5.41) is 2.28. The highest BCUT2D eigenvalue weighted by molar-refractivity contribution is 6.09. The van der Waals surface area contributed by atoms with E-state index in [4.69, 9.17) is 4.42 Å². The second kappa shape index (κ2) is 12.3. The van der Waals surface area contributed by atoms with Gasteiger partial charge in [-0.1, -0.05) is 159 Å². The lowest BCUT2D eigenvalue weighted by Crippen LogP contribution is -2.17. The van der Waals surface area contributed by atoms with Crippen molar-refractivity contribution in [2.24, 2.45) is 0 Å². The first-order chi connectivity index (χ1) is 26.0. The van der Waals surface area contributed by atoms with Gasteiger partial charge in [0.05, 0.1) is 0 Å². The Kier molecular flexibility index (Phi) is 7.19. The van der Waals surface area contributed by atoms with Gasteiger partial charge in [0.25, 0.3) is 0 Å². The molecule has 1 heterocycles. The molecule has 0 aliphatic heterocycles. The van der Waals surface area contributed by atoms with Gasteiger partial charge in [0, 0.05) is 38.8 Å². The van der Waals surface area contributed by atoms with E-state index in [1.165, 1.54) is 44.5 Å². The Bertz CT molecular complexity index is 2780. The summed E-state index contributed by atoms with van der Waals surface area (Å²) in [5.74, 6) is 0. The second-order valence-corrected chi connectivity index (χ2v) is 14.5. The number of para-hydroxylation sites is 2. The Morgan fingerprint density at radius 2 is 0.943 bits per heavy atom. The van der Waals surface area contributed by atoms with Crippen LogP contribution in [0, 0.1) is 0 Å². The van der Waals surface area contributed by atoms with Gasteiger partial charge in [-0.3, -0.25) is 0 Å². The average molecular weight is 680 g/mol. The molecule has 53 heavy (non-hydrogen) atoms. The van der Waals surface area contributed by atoms with Crippen LogP contribution in [0.25, 0.3) is 66.4 Å². The predicted octanol–water partition coefficient (Wildman–Crippen LogP) is 14.4. The van der Waals surface area contributed by atoms with Crippen LogP contribution in [0.3, 0.4) is 0 Å². The van der Waals surface area contributed by atoms with Crippen LogP contribution in [0.1, 0.15) is 25.0 Å². The van der Waals surface area contributed by atoms with E-state index in [9.17, 15) is 0 Å². The highest BCUT2D eigenvalue weighted by Crippen LogP contribution is 2.54. The quantitative estimate of drug-likeness (QED) is 0.174. The van der Waals surface area contributed by atoms with Crippen molar-refractivity contribution in [3.05, 3.63) is 199 Å². The van der Waals surface area contributed by atoms with Crippen molar-refractivity contribution in [3.8, 4) is 44.5 Å². The molecule has 252 valence electrons. The van der Waals surface area contributed by atoms with E-state index in [1.54, 1.807) is 0 Å². The number of hydrogen-bond donors (Lipinski definition) is 0. The van der Waals surface area contributed by atoms with Crippen molar-refractivity contribution in [1.82, 2.24) is 0 Å². The van der Waals surface area contributed by atoms with Crippen molar-refractivity contribution in [2.45, 2.75) is 19.3 Å². The van der Waals surface area contributed by atoms with Gasteiger partial charge in [-0.25, -0.2) is 0 Å². The van der Waals surface area contributed by atoms with Gasteiger partial charge in [0.2, 0.25) is 0 Å². The Morgan fingerprint density at radius 1 is 0.396 bits per heavy atom. The molecular weight excluding hydrogens is 643 g/mol. The maximum atomic E-state index is 6.44. The number of nitrogens with zero attached hydrogens (tertiary/aromatic N) is 1. The summed E-state index contributed by atoms with van der Waals surface area (Å²) in [6, 6.07) is 67.8. The summed E-state index contributed by atoms with van der Waals surface area (Å²) in [6.45, 7) is 4.73. The molecular formula is C51H37NO. The Balaban J connectivity index is 1.16. The van der Waals surface area contributed by atoms with Crippen LogP contribution in [0.2, 0.25) is 0 Å². The molecule has 0 fully saturated rings. The average Bonchev–Trinajstić information content (AvgIpc) is 3.71. The third kappa shape index (κ3) is 5.10. The molecule has 0 saturated heterocycles. The van der Waals surface area contributed by atoms with E-state index in [2.05, 4.69) is 195 Å². The van der Waals surface area contributed by atoms with E-state index in [0.717, 1.165) is 50.1 Å². The van der Waals surface area contributed by atoms with E-state index in [-0.39, 0.29) is 5.41 Å². The summed E-state index contributed by atoms with van der Waals surface area (Å²) in [7, 11) is 0. The van der Waals surface area contributed by atoms with Crippen molar-refractivity contribution < 1.29 is 4.42 Å². The van der Waals surface area contributed by atoms with E-state index in [0.29, 0.717) is 0 Å². The summed E-state index contributed by atoms with van der Waals surface area (Å²) in [5.41, 5.74) is 17.4. The zero-order chi connectivity index (χ0) is 35.5. The smallest absolute Gasteiger partial charge is 0.143 e. The summed E-state index contributed by atoms with van der Waals surface area (Å²) >= 11 is 0. The Hall–Kier alpha value is -6.64. The fourth-order valence-electron chi connectivity index (χ4n) is 8.42. The monoisotopic (exact) mass is 679 g/mol. The van der Waals surface area contributed by atoms with Gasteiger partial charge in [0.1, 0.15) is 11.2 Å². The van der Waals surface area contributed by atoms with Crippen LogP contribution >= 0.6 is 0 Å². The number of anilines is 3. The van der Waals surface area contributed by atoms with Gasteiger partial charge in [-0.05, 0) is 92.5 Å². The zero-order valence-electron chi connectivity index (χ0n) is 29.8. The number of rotatable bonds is 6. The maximum absolute atomic E-state index is 6.44. The summed E-state index contributed by atoms with van der Waals surface area (Å²) < 4.78 is 6.44. The van der Waals surface area contributed by atoms with Crippen LogP contribution in [0.5, 0.6) is 0 Å². The van der Waals surface area contributed by atoms with Gasteiger partial charge in [-0.2, -0.15) is 0 Å². The summed E-state index contributed by atoms with van der Waals surface area (Å²) in [4.78, 5) is 2.41. The number of fused-ring (bicyclic) bond motifs is 6. The molecule has 2 nitrogen and oxygen atoms in total. The topological polar surface area (TPSA) is 16.4 Å². The van der Waals surface area contributed by atoms with Crippen LogP contribution in [-0.4, -0.2) is 0 Å². The third-order valence-corrected chi connectivity index (χ3v) is 11.1. The van der Waals surface area contributed by atoms with Crippen LogP contribution in [-0.2, 0) is 5.41 Å². The second-order valence-electron chi connectivity index (χ2n) is 14.5. The molecule has 2 heteroatoms. The van der Waals surface area contributed by atoms with E-state index < -0.39 is 0 Å². The largest absolute Gasteiger partial charge is 0.455 e. The molecule has 1 aliphatic carbocycles. The molecule has 1 aliphatic rings. The minimum atomic E-state index is -0.163. The van der Waals surface area contributed by atoms with Crippen LogP contribution < -0.4 is 4.90 Å². The van der Waals surface area contributed by atoms with Gasteiger partial charge in [-0.15, -0.1) is 0 Å². The fraction of sp³-hybridized carbons (Fsp3) is 0.0588. The number of hydrogen-bond acceptors (Lipinski definition) is 2. The van der Waals surface area contributed by atoms with Gasteiger partial charge < -0.3 is 9.32 Å². The van der Waals surface area contributed by atoms with Gasteiger partial charge in [0.15, 0.2) is 0 Å². The first kappa shape index (κ1) is 31.1. The summed E-state index contributed by atoms with van der Waals surface area (Å²) in [6.07, 6.45) is 0. The van der Waals surface area contributed by atoms with Crippen LogP contribution in [0.15, 0.2) is 192 Å². The lowest BCUT2D eigenvalue weighted by atomic mass is 9.81. The lowest BCUT2D eigenvalue weighted by molar-refractivity contribution is 0.660. The lowest BCUT2D eigenvalue weighted by Gasteiger charge is -2.29. The molecule has 9 aromatic rings. The standard InChI is InChI=1S/C51H37NO/c1-51(2)46-22-11-9-19-44(46)49-45(36-16-7-4-8-17-36)32-40(33-47(49)51)52(38-28-24-35(25-29-38)34-14-5-3-6-15-34)39-30-26-37(27-31-39)41-20-13-21-43-42-18-10-12-23-48(42)53-50(41)43/h3-33H,1-2H3. The molecule has 0 saturated carbocycles. The third-order valence-electron chi connectivity index (χ3n) is 11.1. The van der Waals surface area contributed by atoms with Crippen molar-refractivity contribution in [1.29, 1.82) is 0 Å². The zero-order valence-corrected chi connectivity index (χ0v) is 29.8. The molecule has 0 unspecified atom stereocenters. The molecule has 0 amide bonds. The Labute approximate surface area is 310 Å². The molecule has 0 atom stereocenters. The van der Waals surface area contributed by atoms with E-state index >= 15 is 0 Å². The first-order valence-electron chi connectivity index (χ1n) is 18.3. The normalized spacial score (nSPS) is 12.9. The van der Waals surface area contributed by atoms with Crippen molar-refractivity contribution in [2.75, 3.05) is 4.90 Å². The molecule has 0 bridgehead atoms. The number of benzene rings is 8. The highest BCUT2D eigenvalue weighted by atomic mass is 16.3. The van der Waals surface area contributed by atoms with Gasteiger partial charge >= 0.3 is 0 Å². The molecule has 1 aromatic heterocycles. The molecule has 8 aromatic carbocycles. The first-order valence-corrected chi connectivity index (χ1v) is 18.3. The van der Waals surface area contributed by atoms with Crippen molar-refractivity contribution in [3.63, 3.8) is 0 Å². The SMILES string of the molecule is CC1(C)c2ccccc2-c2c(-c3ccccc3)cc(N(c3ccc(-c4ccccc4)cc3)c3ccc(-c4cccc5c4oc4ccccc45)cc3)cc21. The fourth-order valence-corrected chi connectivity index (χ4v) is 8.42. The molecule has 10 rings (SSSR count). The van der Waals surface area contributed by atoms with Crippen LogP contribution in [0.4, 0.5) is 17.1 Å². The van der Waals surface area contributed by atoms with Crippen molar-refractivity contribution >= 4 is 39.0 Å². The predicted molar refractivity (Wildman–Crippen MR) is 222 cm³/mol. The molecule has 0 radical (unpaired) electrons. The van der Waals surface area contributed by atoms with E-state index in [1.807, 2.05) is 12.1 Å². The minimum Gasteiger partial charge on any atom is -0.455 e. The minimum absolute atomic E-state index is 0.163. The maximum Gasteiger partial charge on any atom is 0.143 e. The molecule has 0 spiro atoms. The number of furan rings is 1. The molecule has 0 N–H and O–H groups in total.